The number of aryl methyl sites for hydroxylation is 1. The molecule has 72 valence electrons. The second-order valence-electron chi connectivity index (χ2n) is 2.95. The van der Waals surface area contributed by atoms with Crippen LogP contribution in [-0.2, 0) is 9.53 Å². The van der Waals surface area contributed by atoms with E-state index in [2.05, 4.69) is 0 Å². The van der Waals surface area contributed by atoms with Gasteiger partial charge < -0.3 is 4.74 Å². The van der Waals surface area contributed by atoms with Gasteiger partial charge in [-0.2, -0.15) is 0 Å². The van der Waals surface area contributed by atoms with Gasteiger partial charge in [0, 0.05) is 4.88 Å². The maximum atomic E-state index is 11.4. The first-order valence-electron chi connectivity index (χ1n) is 4.32. The molecule has 0 aliphatic carbocycles. The molecular formula is C10H14O2S. The first-order chi connectivity index (χ1) is 6.20. The van der Waals surface area contributed by atoms with Crippen LogP contribution in [-0.4, -0.2) is 13.1 Å². The number of rotatable bonds is 3. The molecule has 1 aromatic heterocycles. The number of carbonyl (C=O) groups excluding carboxylic acids is 1. The molecule has 0 fully saturated rings. The van der Waals surface area contributed by atoms with Gasteiger partial charge in [0.1, 0.15) is 0 Å². The third-order valence-electron chi connectivity index (χ3n) is 2.11. The van der Waals surface area contributed by atoms with Gasteiger partial charge in [-0.15, -0.1) is 11.3 Å². The highest BCUT2D eigenvalue weighted by atomic mass is 32.1. The molecule has 0 radical (unpaired) electrons. The third kappa shape index (κ3) is 2.10. The van der Waals surface area contributed by atoms with E-state index in [1.54, 1.807) is 11.3 Å². The number of thiophene rings is 1. The average Bonchev–Trinajstić information content (AvgIpc) is 2.53. The Labute approximate surface area is 82.5 Å². The van der Waals surface area contributed by atoms with E-state index < -0.39 is 0 Å². The Morgan fingerprint density at radius 1 is 1.69 bits per heavy atom. The van der Waals surface area contributed by atoms with Crippen molar-refractivity contribution in [3.63, 3.8) is 0 Å². The molecule has 3 heteroatoms. The minimum Gasteiger partial charge on any atom is -0.469 e. The zero-order valence-electron chi connectivity index (χ0n) is 8.16. The highest BCUT2D eigenvalue weighted by Gasteiger charge is 2.21. The molecule has 1 heterocycles. The van der Waals surface area contributed by atoms with E-state index in [4.69, 9.17) is 4.74 Å². The van der Waals surface area contributed by atoms with Gasteiger partial charge >= 0.3 is 5.97 Å². The summed E-state index contributed by atoms with van der Waals surface area (Å²) >= 11 is 1.63. The Balaban J connectivity index is 2.90. The number of esters is 1. The zero-order chi connectivity index (χ0) is 9.84. The predicted molar refractivity (Wildman–Crippen MR) is 54.1 cm³/mol. The van der Waals surface area contributed by atoms with Crippen molar-refractivity contribution in [1.82, 2.24) is 0 Å². The van der Waals surface area contributed by atoms with E-state index in [-0.39, 0.29) is 11.9 Å². The number of ether oxygens (including phenoxy) is 1. The molecule has 0 aliphatic rings. The van der Waals surface area contributed by atoms with Crippen LogP contribution in [0.4, 0.5) is 0 Å². The molecule has 0 N–H and O–H groups in total. The molecule has 1 unspecified atom stereocenters. The summed E-state index contributed by atoms with van der Waals surface area (Å²) in [5.74, 6) is -0.210. The van der Waals surface area contributed by atoms with Gasteiger partial charge in [-0.05, 0) is 30.4 Å². The van der Waals surface area contributed by atoms with Crippen LogP contribution in [0.2, 0.25) is 0 Å². The average molecular weight is 198 g/mol. The highest BCUT2D eigenvalue weighted by Crippen LogP contribution is 2.28. The minimum absolute atomic E-state index is 0.0787. The fraction of sp³-hybridized carbons (Fsp3) is 0.500. The second kappa shape index (κ2) is 4.42. The van der Waals surface area contributed by atoms with Gasteiger partial charge in [0.2, 0.25) is 0 Å². The monoisotopic (exact) mass is 198 g/mol. The molecule has 2 nitrogen and oxygen atoms in total. The number of hydrogen-bond donors (Lipinski definition) is 0. The van der Waals surface area contributed by atoms with E-state index in [0.717, 1.165) is 11.3 Å². The summed E-state index contributed by atoms with van der Waals surface area (Å²) in [6.07, 6.45) is 0.800. The Kier molecular flexibility index (Phi) is 3.48. The topological polar surface area (TPSA) is 26.3 Å². The normalized spacial score (nSPS) is 12.5. The Morgan fingerprint density at radius 3 is 2.77 bits per heavy atom. The van der Waals surface area contributed by atoms with Gasteiger partial charge in [-0.1, -0.05) is 6.92 Å². The van der Waals surface area contributed by atoms with Crippen LogP contribution in [0.25, 0.3) is 0 Å². The maximum absolute atomic E-state index is 11.4. The second-order valence-corrected chi connectivity index (χ2v) is 3.90. The Morgan fingerprint density at radius 2 is 2.38 bits per heavy atom. The molecule has 1 atom stereocenters. The standard InChI is InChI=1S/C10H14O2S/c1-4-8(10(11)12-3)9-7(2)5-6-13-9/h5-6,8H,4H2,1-3H3. The molecule has 0 bridgehead atoms. The van der Waals surface area contributed by atoms with Crippen molar-refractivity contribution < 1.29 is 9.53 Å². The first-order valence-corrected chi connectivity index (χ1v) is 5.20. The Hall–Kier alpha value is -0.830. The van der Waals surface area contributed by atoms with Crippen LogP contribution in [0.1, 0.15) is 29.7 Å². The van der Waals surface area contributed by atoms with Crippen LogP contribution in [0.5, 0.6) is 0 Å². The molecule has 0 amide bonds. The van der Waals surface area contributed by atoms with Gasteiger partial charge in [-0.3, -0.25) is 4.79 Å². The zero-order valence-corrected chi connectivity index (χ0v) is 8.98. The third-order valence-corrected chi connectivity index (χ3v) is 3.24. The van der Waals surface area contributed by atoms with Crippen molar-refractivity contribution in [2.75, 3.05) is 7.11 Å². The van der Waals surface area contributed by atoms with Crippen molar-refractivity contribution in [1.29, 1.82) is 0 Å². The molecule has 1 rings (SSSR count). The van der Waals surface area contributed by atoms with Crippen LogP contribution < -0.4 is 0 Å². The summed E-state index contributed by atoms with van der Waals surface area (Å²) in [5, 5.41) is 2.01. The number of hydrogen-bond acceptors (Lipinski definition) is 3. The van der Waals surface area contributed by atoms with E-state index in [1.807, 2.05) is 25.3 Å². The minimum atomic E-state index is -0.131. The van der Waals surface area contributed by atoms with Crippen LogP contribution in [0.15, 0.2) is 11.4 Å². The number of carbonyl (C=O) groups is 1. The summed E-state index contributed by atoms with van der Waals surface area (Å²) in [6.45, 7) is 4.03. The smallest absolute Gasteiger partial charge is 0.313 e. The van der Waals surface area contributed by atoms with Crippen molar-refractivity contribution in [2.45, 2.75) is 26.2 Å². The predicted octanol–water partition coefficient (Wildman–Crippen LogP) is 2.72. The first kappa shape index (κ1) is 10.3. The van der Waals surface area contributed by atoms with Crippen molar-refractivity contribution in [2.24, 2.45) is 0 Å². The fourth-order valence-electron chi connectivity index (χ4n) is 1.34. The van der Waals surface area contributed by atoms with Gasteiger partial charge in [-0.25, -0.2) is 0 Å². The lowest BCUT2D eigenvalue weighted by atomic mass is 10.0. The van der Waals surface area contributed by atoms with Crippen molar-refractivity contribution in [3.05, 3.63) is 21.9 Å². The highest BCUT2D eigenvalue weighted by molar-refractivity contribution is 7.10. The number of methoxy groups -OCH3 is 1. The molecular weight excluding hydrogens is 184 g/mol. The summed E-state index contributed by atoms with van der Waals surface area (Å²) in [6, 6.07) is 2.03. The van der Waals surface area contributed by atoms with E-state index in [1.165, 1.54) is 12.7 Å². The lowest BCUT2D eigenvalue weighted by Crippen LogP contribution is -2.12. The summed E-state index contributed by atoms with van der Waals surface area (Å²) in [5.41, 5.74) is 1.18. The molecule has 13 heavy (non-hydrogen) atoms. The molecule has 0 saturated heterocycles. The maximum Gasteiger partial charge on any atom is 0.313 e. The molecule has 0 spiro atoms. The van der Waals surface area contributed by atoms with Crippen LogP contribution in [0, 0.1) is 6.92 Å². The SMILES string of the molecule is CCC(C(=O)OC)c1sccc1C. The lowest BCUT2D eigenvalue weighted by Gasteiger charge is -2.11. The molecule has 0 saturated carbocycles. The summed E-state index contributed by atoms with van der Waals surface area (Å²) in [4.78, 5) is 12.5. The van der Waals surface area contributed by atoms with Crippen LogP contribution >= 0.6 is 11.3 Å². The largest absolute Gasteiger partial charge is 0.469 e. The van der Waals surface area contributed by atoms with E-state index in [9.17, 15) is 4.79 Å². The quantitative estimate of drug-likeness (QED) is 0.698. The molecule has 0 aliphatic heterocycles. The van der Waals surface area contributed by atoms with Crippen LogP contribution in [0.3, 0.4) is 0 Å². The Bertz CT molecular complexity index is 291. The fourth-order valence-corrected chi connectivity index (χ4v) is 2.44. The lowest BCUT2D eigenvalue weighted by molar-refractivity contribution is -0.142. The summed E-state index contributed by atoms with van der Waals surface area (Å²) in [7, 11) is 1.44. The van der Waals surface area contributed by atoms with E-state index in [0.29, 0.717) is 0 Å². The van der Waals surface area contributed by atoms with E-state index >= 15 is 0 Å². The van der Waals surface area contributed by atoms with Gasteiger partial charge in [0.05, 0.1) is 13.0 Å². The molecule has 1 aromatic rings. The summed E-state index contributed by atoms with van der Waals surface area (Å²) < 4.78 is 4.75. The van der Waals surface area contributed by atoms with Gasteiger partial charge in [0.25, 0.3) is 0 Å². The van der Waals surface area contributed by atoms with Crippen molar-refractivity contribution >= 4 is 17.3 Å². The van der Waals surface area contributed by atoms with Gasteiger partial charge in [0.15, 0.2) is 0 Å². The molecule has 0 aromatic carbocycles. The van der Waals surface area contributed by atoms with Crippen molar-refractivity contribution in [3.8, 4) is 0 Å².